The van der Waals surface area contributed by atoms with Crippen LogP contribution in [0.1, 0.15) is 37.5 Å². The fourth-order valence-corrected chi connectivity index (χ4v) is 1.78. The summed E-state index contributed by atoms with van der Waals surface area (Å²) in [7, 11) is 3.26. The van der Waals surface area contributed by atoms with Crippen LogP contribution in [-0.4, -0.2) is 19.3 Å². The second-order valence-electron chi connectivity index (χ2n) is 3.83. The lowest BCUT2D eigenvalue weighted by Crippen LogP contribution is -2.01. The van der Waals surface area contributed by atoms with Gasteiger partial charge in [0.2, 0.25) is 0 Å². The number of aliphatic hydroxyl groups is 1. The van der Waals surface area contributed by atoms with Crippen molar-refractivity contribution in [3.8, 4) is 11.5 Å². The van der Waals surface area contributed by atoms with Gasteiger partial charge in [-0.3, -0.25) is 0 Å². The predicted molar refractivity (Wildman–Crippen MR) is 64.2 cm³/mol. The molecule has 0 fully saturated rings. The Morgan fingerprint density at radius 3 is 2.25 bits per heavy atom. The zero-order valence-electron chi connectivity index (χ0n) is 10.4. The molecule has 0 amide bonds. The Kier molecular flexibility index (Phi) is 4.62. The molecule has 3 nitrogen and oxygen atoms in total. The first-order chi connectivity index (χ1) is 7.63. The van der Waals surface area contributed by atoms with Crippen LogP contribution in [0.3, 0.4) is 0 Å². The summed E-state index contributed by atoms with van der Waals surface area (Å²) >= 11 is 0. The van der Waals surface area contributed by atoms with Gasteiger partial charge in [-0.1, -0.05) is 13.3 Å². The molecule has 0 spiro atoms. The Labute approximate surface area is 97.0 Å². The van der Waals surface area contributed by atoms with Crippen LogP contribution in [0.5, 0.6) is 11.5 Å². The highest BCUT2D eigenvalue weighted by atomic mass is 16.5. The Balaban J connectivity index is 3.22. The van der Waals surface area contributed by atoms with Gasteiger partial charge in [0, 0.05) is 5.56 Å². The molecule has 1 rings (SSSR count). The zero-order chi connectivity index (χ0) is 12.1. The van der Waals surface area contributed by atoms with E-state index in [2.05, 4.69) is 6.92 Å². The summed E-state index contributed by atoms with van der Waals surface area (Å²) in [6, 6.07) is 3.80. The van der Waals surface area contributed by atoms with Crippen molar-refractivity contribution in [2.75, 3.05) is 14.2 Å². The van der Waals surface area contributed by atoms with Crippen molar-refractivity contribution >= 4 is 0 Å². The first kappa shape index (κ1) is 12.8. The SMILES string of the molecule is CCCc1cc(OC)c(C(C)O)cc1OC. The lowest BCUT2D eigenvalue weighted by molar-refractivity contribution is 0.193. The third kappa shape index (κ3) is 2.67. The molecule has 0 aromatic heterocycles. The quantitative estimate of drug-likeness (QED) is 0.835. The fourth-order valence-electron chi connectivity index (χ4n) is 1.78. The van der Waals surface area contributed by atoms with E-state index in [0.717, 1.165) is 35.5 Å². The highest BCUT2D eigenvalue weighted by Crippen LogP contribution is 2.33. The smallest absolute Gasteiger partial charge is 0.125 e. The molecule has 1 aromatic rings. The number of benzene rings is 1. The van der Waals surface area contributed by atoms with Crippen molar-refractivity contribution in [1.82, 2.24) is 0 Å². The van der Waals surface area contributed by atoms with Crippen LogP contribution in [-0.2, 0) is 6.42 Å². The standard InChI is InChI=1S/C13H20O3/c1-5-6-10-7-13(16-4)11(9(2)14)8-12(10)15-3/h7-9,14H,5-6H2,1-4H3. The maximum atomic E-state index is 9.64. The van der Waals surface area contributed by atoms with Crippen molar-refractivity contribution in [1.29, 1.82) is 0 Å². The third-order valence-corrected chi connectivity index (χ3v) is 2.60. The first-order valence-electron chi connectivity index (χ1n) is 5.56. The minimum Gasteiger partial charge on any atom is -0.496 e. The molecule has 0 saturated carbocycles. The molecule has 0 bridgehead atoms. The Bertz CT molecular complexity index is 345. The number of methoxy groups -OCH3 is 2. The van der Waals surface area contributed by atoms with E-state index in [1.807, 2.05) is 12.1 Å². The predicted octanol–water partition coefficient (Wildman–Crippen LogP) is 2.71. The Hall–Kier alpha value is -1.22. The van der Waals surface area contributed by atoms with E-state index >= 15 is 0 Å². The molecule has 16 heavy (non-hydrogen) atoms. The summed E-state index contributed by atoms with van der Waals surface area (Å²) in [5, 5.41) is 9.64. The summed E-state index contributed by atoms with van der Waals surface area (Å²) in [5.74, 6) is 1.54. The van der Waals surface area contributed by atoms with E-state index in [0.29, 0.717) is 0 Å². The minimum absolute atomic E-state index is 0.556. The molecular formula is C13H20O3. The van der Waals surface area contributed by atoms with Gasteiger partial charge in [-0.05, 0) is 31.0 Å². The molecule has 0 aliphatic carbocycles. The molecule has 1 atom stereocenters. The maximum Gasteiger partial charge on any atom is 0.125 e. The van der Waals surface area contributed by atoms with Crippen LogP contribution < -0.4 is 9.47 Å². The molecule has 0 aliphatic heterocycles. The second kappa shape index (κ2) is 5.75. The second-order valence-corrected chi connectivity index (χ2v) is 3.83. The fraction of sp³-hybridized carbons (Fsp3) is 0.538. The topological polar surface area (TPSA) is 38.7 Å². The van der Waals surface area contributed by atoms with Crippen molar-refractivity contribution in [2.45, 2.75) is 32.8 Å². The van der Waals surface area contributed by atoms with Crippen molar-refractivity contribution < 1.29 is 14.6 Å². The zero-order valence-corrected chi connectivity index (χ0v) is 10.4. The van der Waals surface area contributed by atoms with Crippen LogP contribution in [0.25, 0.3) is 0 Å². The molecule has 0 heterocycles. The summed E-state index contributed by atoms with van der Waals surface area (Å²) in [4.78, 5) is 0. The summed E-state index contributed by atoms with van der Waals surface area (Å²) in [6.07, 6.45) is 1.44. The van der Waals surface area contributed by atoms with Crippen LogP contribution in [0.4, 0.5) is 0 Å². The Morgan fingerprint density at radius 2 is 1.81 bits per heavy atom. The summed E-state index contributed by atoms with van der Waals surface area (Å²) < 4.78 is 10.6. The van der Waals surface area contributed by atoms with Gasteiger partial charge in [-0.25, -0.2) is 0 Å². The van der Waals surface area contributed by atoms with Crippen LogP contribution in [0.2, 0.25) is 0 Å². The average molecular weight is 224 g/mol. The monoisotopic (exact) mass is 224 g/mol. The molecule has 3 heteroatoms. The van der Waals surface area contributed by atoms with Crippen molar-refractivity contribution in [2.24, 2.45) is 0 Å². The average Bonchev–Trinajstić information content (AvgIpc) is 2.28. The van der Waals surface area contributed by atoms with Gasteiger partial charge in [0.25, 0.3) is 0 Å². The number of hydrogen-bond acceptors (Lipinski definition) is 3. The van der Waals surface area contributed by atoms with Crippen molar-refractivity contribution in [3.05, 3.63) is 23.3 Å². The van der Waals surface area contributed by atoms with Gasteiger partial charge in [0.05, 0.1) is 20.3 Å². The van der Waals surface area contributed by atoms with Gasteiger partial charge in [0.15, 0.2) is 0 Å². The van der Waals surface area contributed by atoms with Gasteiger partial charge in [0.1, 0.15) is 11.5 Å². The molecule has 1 unspecified atom stereocenters. The van der Waals surface area contributed by atoms with E-state index in [1.165, 1.54) is 0 Å². The van der Waals surface area contributed by atoms with Gasteiger partial charge in [-0.15, -0.1) is 0 Å². The number of aliphatic hydroxyl groups excluding tert-OH is 1. The number of rotatable bonds is 5. The van der Waals surface area contributed by atoms with Gasteiger partial charge < -0.3 is 14.6 Å². The number of hydrogen-bond donors (Lipinski definition) is 1. The molecule has 1 aromatic carbocycles. The van der Waals surface area contributed by atoms with E-state index in [9.17, 15) is 5.11 Å². The summed E-state index contributed by atoms with van der Waals surface area (Å²) in [5.41, 5.74) is 1.88. The molecule has 0 aliphatic rings. The van der Waals surface area contributed by atoms with Gasteiger partial charge in [-0.2, -0.15) is 0 Å². The number of aryl methyl sites for hydroxylation is 1. The first-order valence-corrected chi connectivity index (χ1v) is 5.56. The van der Waals surface area contributed by atoms with E-state index in [-0.39, 0.29) is 0 Å². The van der Waals surface area contributed by atoms with Crippen LogP contribution >= 0.6 is 0 Å². The summed E-state index contributed by atoms with van der Waals surface area (Å²) in [6.45, 7) is 3.84. The molecule has 90 valence electrons. The highest BCUT2D eigenvalue weighted by molar-refractivity contribution is 5.47. The lowest BCUT2D eigenvalue weighted by Gasteiger charge is -2.16. The molecule has 0 radical (unpaired) electrons. The molecule has 0 saturated heterocycles. The van der Waals surface area contributed by atoms with Crippen molar-refractivity contribution in [3.63, 3.8) is 0 Å². The molecular weight excluding hydrogens is 204 g/mol. The normalized spacial score (nSPS) is 12.3. The largest absolute Gasteiger partial charge is 0.496 e. The van der Waals surface area contributed by atoms with E-state index in [4.69, 9.17) is 9.47 Å². The van der Waals surface area contributed by atoms with Crippen LogP contribution in [0.15, 0.2) is 12.1 Å². The number of ether oxygens (including phenoxy) is 2. The maximum absolute atomic E-state index is 9.64. The third-order valence-electron chi connectivity index (χ3n) is 2.60. The minimum atomic E-state index is -0.556. The highest BCUT2D eigenvalue weighted by Gasteiger charge is 2.13. The van der Waals surface area contributed by atoms with E-state index < -0.39 is 6.10 Å². The lowest BCUT2D eigenvalue weighted by atomic mass is 10.0. The Morgan fingerprint density at radius 1 is 1.19 bits per heavy atom. The van der Waals surface area contributed by atoms with Gasteiger partial charge >= 0.3 is 0 Å². The van der Waals surface area contributed by atoms with Crippen LogP contribution in [0, 0.1) is 0 Å². The van der Waals surface area contributed by atoms with E-state index in [1.54, 1.807) is 21.1 Å². The molecule has 1 N–H and O–H groups in total.